The minimum Gasteiger partial charge on any atom is -0.392 e. The zero-order chi connectivity index (χ0) is 19.7. The van der Waals surface area contributed by atoms with Gasteiger partial charge >= 0.3 is 0 Å². The fourth-order valence-corrected chi connectivity index (χ4v) is 5.00. The molecule has 6 atom stereocenters. The maximum absolute atomic E-state index is 13.3. The van der Waals surface area contributed by atoms with Gasteiger partial charge in [0.1, 0.15) is 5.54 Å². The van der Waals surface area contributed by atoms with Gasteiger partial charge in [-0.25, -0.2) is 0 Å². The van der Waals surface area contributed by atoms with Crippen LogP contribution in [0.5, 0.6) is 0 Å². The molecule has 3 amide bonds. The number of nitrogens with one attached hydrogen (secondary N) is 2. The van der Waals surface area contributed by atoms with Crippen molar-refractivity contribution < 1.29 is 19.5 Å². The number of carbonyl (C=O) groups excluding carboxylic acids is 3. The molecule has 0 radical (unpaired) electrons. The van der Waals surface area contributed by atoms with Crippen molar-refractivity contribution in [3.05, 3.63) is 28.8 Å². The van der Waals surface area contributed by atoms with E-state index in [1.807, 2.05) is 13.8 Å². The molecule has 3 N–H and O–H groups in total. The van der Waals surface area contributed by atoms with E-state index in [9.17, 15) is 19.5 Å². The van der Waals surface area contributed by atoms with Gasteiger partial charge in [-0.1, -0.05) is 30.7 Å². The molecule has 144 valence electrons. The van der Waals surface area contributed by atoms with Gasteiger partial charge in [0, 0.05) is 17.6 Å². The van der Waals surface area contributed by atoms with Crippen LogP contribution in [0.2, 0.25) is 5.02 Å². The molecule has 3 aliphatic rings. The van der Waals surface area contributed by atoms with Crippen molar-refractivity contribution in [3.8, 4) is 0 Å². The number of hydrogen-bond donors (Lipinski definition) is 3. The van der Waals surface area contributed by atoms with Gasteiger partial charge in [0.2, 0.25) is 17.7 Å². The molecule has 0 unspecified atom stereocenters. The Kier molecular flexibility index (Phi) is 4.10. The summed E-state index contributed by atoms with van der Waals surface area (Å²) in [7, 11) is 0. The molecule has 0 aliphatic carbocycles. The molecular weight excluding hydrogens is 370 g/mol. The number of amides is 3. The van der Waals surface area contributed by atoms with Crippen LogP contribution in [0.25, 0.3) is 0 Å². The summed E-state index contributed by atoms with van der Waals surface area (Å²) in [5, 5.41) is 16.6. The molecule has 8 heteroatoms. The van der Waals surface area contributed by atoms with Crippen LogP contribution in [0.4, 0.5) is 5.69 Å². The number of aliphatic hydroxyl groups excluding tert-OH is 1. The first-order valence-electron chi connectivity index (χ1n) is 9.18. The van der Waals surface area contributed by atoms with Crippen molar-refractivity contribution in [1.82, 2.24) is 10.2 Å². The number of imide groups is 1. The Morgan fingerprint density at radius 3 is 2.59 bits per heavy atom. The summed E-state index contributed by atoms with van der Waals surface area (Å²) in [5.74, 6) is -2.85. The van der Waals surface area contributed by atoms with Crippen LogP contribution >= 0.6 is 11.6 Å². The summed E-state index contributed by atoms with van der Waals surface area (Å²) < 4.78 is 0. The molecule has 3 heterocycles. The number of aliphatic hydroxyl groups is 1. The smallest absolute Gasteiger partial charge is 0.250 e. The van der Waals surface area contributed by atoms with E-state index in [-0.39, 0.29) is 17.9 Å². The second kappa shape index (κ2) is 6.02. The van der Waals surface area contributed by atoms with E-state index >= 15 is 0 Å². The molecule has 0 saturated carbocycles. The monoisotopic (exact) mass is 391 g/mol. The van der Waals surface area contributed by atoms with E-state index in [0.29, 0.717) is 22.7 Å². The summed E-state index contributed by atoms with van der Waals surface area (Å²) in [6.07, 6.45) is -0.299. The molecule has 1 aromatic carbocycles. The highest BCUT2D eigenvalue weighted by molar-refractivity contribution is 6.35. The number of carbonyl (C=O) groups is 3. The van der Waals surface area contributed by atoms with Crippen LogP contribution in [0, 0.1) is 11.8 Å². The van der Waals surface area contributed by atoms with E-state index < -0.39 is 35.4 Å². The molecule has 4 rings (SSSR count). The van der Waals surface area contributed by atoms with Gasteiger partial charge in [0.25, 0.3) is 0 Å². The fraction of sp³-hybridized carbons (Fsp3) is 0.526. The number of nitrogens with zero attached hydrogens (tertiary/aromatic N) is 1. The Morgan fingerprint density at radius 1 is 1.26 bits per heavy atom. The van der Waals surface area contributed by atoms with Crippen molar-refractivity contribution >= 4 is 35.0 Å². The van der Waals surface area contributed by atoms with Crippen LogP contribution in [-0.4, -0.2) is 45.9 Å². The average Bonchev–Trinajstić information content (AvgIpc) is 3.21. The topological polar surface area (TPSA) is 98.7 Å². The second-order valence-electron chi connectivity index (χ2n) is 7.64. The van der Waals surface area contributed by atoms with Gasteiger partial charge in [-0.2, -0.15) is 0 Å². The lowest BCUT2D eigenvalue weighted by molar-refractivity contribution is -0.145. The number of benzene rings is 1. The van der Waals surface area contributed by atoms with Crippen LogP contribution in [0.15, 0.2) is 18.2 Å². The second-order valence-corrected chi connectivity index (χ2v) is 8.05. The van der Waals surface area contributed by atoms with E-state index in [1.54, 1.807) is 25.1 Å². The highest BCUT2D eigenvalue weighted by atomic mass is 35.5. The minimum absolute atomic E-state index is 0.273. The van der Waals surface area contributed by atoms with Crippen molar-refractivity contribution in [1.29, 1.82) is 0 Å². The SMILES string of the molecule is CC[C@H](C)N1C(=O)[C@@H]2[C@H]([C@H](C)O)N[C@@]3(C(=O)Nc4c(Cl)cccc43)[C@@H]2C1=O. The highest BCUT2D eigenvalue weighted by Gasteiger charge is 2.71. The summed E-state index contributed by atoms with van der Waals surface area (Å²) >= 11 is 6.25. The number of likely N-dealkylation sites (tertiary alicyclic amines) is 1. The van der Waals surface area contributed by atoms with Gasteiger partial charge in [-0.3, -0.25) is 24.6 Å². The molecule has 0 bridgehead atoms. The van der Waals surface area contributed by atoms with E-state index in [0.717, 1.165) is 0 Å². The first-order chi connectivity index (χ1) is 12.8. The quantitative estimate of drug-likeness (QED) is 0.673. The van der Waals surface area contributed by atoms with Gasteiger partial charge < -0.3 is 10.4 Å². The normalized spacial score (nSPS) is 34.0. The third-order valence-electron chi connectivity index (χ3n) is 6.22. The predicted octanol–water partition coefficient (Wildman–Crippen LogP) is 1.24. The Hall–Kier alpha value is -1.96. The molecule has 1 spiro atoms. The van der Waals surface area contributed by atoms with Crippen LogP contribution in [0.1, 0.15) is 32.8 Å². The maximum atomic E-state index is 13.3. The molecule has 0 aromatic heterocycles. The molecular formula is C19H22ClN3O4. The Morgan fingerprint density at radius 2 is 1.96 bits per heavy atom. The number of hydrogen-bond acceptors (Lipinski definition) is 5. The zero-order valence-electron chi connectivity index (χ0n) is 15.3. The highest BCUT2D eigenvalue weighted by Crippen LogP contribution is 2.54. The lowest BCUT2D eigenvalue weighted by atomic mass is 9.76. The summed E-state index contributed by atoms with van der Waals surface area (Å²) in [6.45, 7) is 5.27. The number of anilines is 1. The van der Waals surface area contributed by atoms with E-state index in [2.05, 4.69) is 10.6 Å². The zero-order valence-corrected chi connectivity index (χ0v) is 16.1. The lowest BCUT2D eigenvalue weighted by Gasteiger charge is -2.31. The van der Waals surface area contributed by atoms with Crippen molar-refractivity contribution in [2.75, 3.05) is 5.32 Å². The predicted molar refractivity (Wildman–Crippen MR) is 99.0 cm³/mol. The van der Waals surface area contributed by atoms with E-state index in [4.69, 9.17) is 11.6 Å². The largest absolute Gasteiger partial charge is 0.392 e. The number of halogens is 1. The summed E-state index contributed by atoms with van der Waals surface area (Å²) in [5.41, 5.74) is -0.421. The summed E-state index contributed by atoms with van der Waals surface area (Å²) in [4.78, 5) is 40.9. The van der Waals surface area contributed by atoms with Crippen molar-refractivity contribution in [2.45, 2.75) is 50.9 Å². The Labute approximate surface area is 162 Å². The standard InChI is InChI=1S/C19H22ClN3O4/c1-4-8(2)23-16(25)12-13(17(23)26)19(22-14(12)9(3)24)10-6-5-7-11(20)15(10)21-18(19)27/h5-9,12-14,22,24H,4H2,1-3H3,(H,21,27)/t8-,9-,12-,13-,14-,19+/m0/s1. The molecule has 3 aliphatic heterocycles. The fourth-order valence-electron chi connectivity index (χ4n) is 4.78. The van der Waals surface area contributed by atoms with Crippen LogP contribution < -0.4 is 10.6 Å². The van der Waals surface area contributed by atoms with Crippen LogP contribution in [0.3, 0.4) is 0 Å². The van der Waals surface area contributed by atoms with Crippen molar-refractivity contribution in [2.24, 2.45) is 11.8 Å². The molecule has 27 heavy (non-hydrogen) atoms. The maximum Gasteiger partial charge on any atom is 0.250 e. The minimum atomic E-state index is -1.42. The molecule has 7 nitrogen and oxygen atoms in total. The molecule has 2 fully saturated rings. The third-order valence-corrected chi connectivity index (χ3v) is 6.53. The first-order valence-corrected chi connectivity index (χ1v) is 9.56. The number of para-hydroxylation sites is 1. The lowest BCUT2D eigenvalue weighted by Crippen LogP contribution is -2.55. The first kappa shape index (κ1) is 18.4. The van der Waals surface area contributed by atoms with Crippen molar-refractivity contribution in [3.63, 3.8) is 0 Å². The van der Waals surface area contributed by atoms with Gasteiger partial charge in [0.05, 0.1) is 28.6 Å². The van der Waals surface area contributed by atoms with Gasteiger partial charge in [0.15, 0.2) is 0 Å². The Balaban J connectivity index is 1.92. The third kappa shape index (κ3) is 2.19. The number of fused-ring (bicyclic) bond motifs is 4. The summed E-state index contributed by atoms with van der Waals surface area (Å²) in [6, 6.07) is 4.12. The van der Waals surface area contributed by atoms with Crippen LogP contribution in [-0.2, 0) is 19.9 Å². The molecule has 2 saturated heterocycles. The van der Waals surface area contributed by atoms with Gasteiger partial charge in [-0.15, -0.1) is 0 Å². The molecule has 1 aromatic rings. The number of rotatable bonds is 3. The Bertz CT molecular complexity index is 857. The average molecular weight is 392 g/mol. The van der Waals surface area contributed by atoms with E-state index in [1.165, 1.54) is 4.90 Å². The van der Waals surface area contributed by atoms with Gasteiger partial charge in [-0.05, 0) is 26.3 Å².